The zero-order valence-corrected chi connectivity index (χ0v) is 11.5. The van der Waals surface area contributed by atoms with E-state index in [-0.39, 0.29) is 12.0 Å². The fourth-order valence-corrected chi connectivity index (χ4v) is 1.80. The third-order valence-electron chi connectivity index (χ3n) is 2.69. The van der Waals surface area contributed by atoms with Gasteiger partial charge in [0.25, 0.3) is 0 Å². The zero-order chi connectivity index (χ0) is 13.8. The monoisotopic (exact) mass is 260 g/mol. The first-order chi connectivity index (χ1) is 9.04. The van der Waals surface area contributed by atoms with Gasteiger partial charge in [0, 0.05) is 30.4 Å². The molecule has 2 aromatic heterocycles. The molecule has 0 aliphatic carbocycles. The maximum atomic E-state index is 5.80. The molecule has 2 aromatic rings. The van der Waals surface area contributed by atoms with E-state index in [0.717, 1.165) is 18.2 Å². The van der Waals surface area contributed by atoms with Crippen LogP contribution in [0.5, 0.6) is 0 Å². The Morgan fingerprint density at radius 2 is 2.11 bits per heavy atom. The first-order valence-electron chi connectivity index (χ1n) is 6.43. The lowest BCUT2D eigenvalue weighted by atomic mass is 10.2. The maximum absolute atomic E-state index is 5.80. The molecule has 0 aromatic carbocycles. The Morgan fingerprint density at radius 1 is 1.32 bits per heavy atom. The van der Waals surface area contributed by atoms with Gasteiger partial charge in [-0.25, -0.2) is 9.97 Å². The Balaban J connectivity index is 2.05. The van der Waals surface area contributed by atoms with Crippen LogP contribution in [0.25, 0.3) is 0 Å². The van der Waals surface area contributed by atoms with E-state index in [1.54, 1.807) is 12.3 Å². The highest BCUT2D eigenvalue weighted by atomic mass is 15.3. The van der Waals surface area contributed by atoms with Gasteiger partial charge in [0.2, 0.25) is 0 Å². The van der Waals surface area contributed by atoms with E-state index < -0.39 is 0 Å². The van der Waals surface area contributed by atoms with Crippen LogP contribution in [-0.4, -0.2) is 25.8 Å². The third kappa shape index (κ3) is 3.67. The molecule has 0 fully saturated rings. The molecule has 0 aliphatic rings. The Hall–Kier alpha value is -2.11. The molecule has 6 nitrogen and oxygen atoms in total. The number of anilines is 2. The van der Waals surface area contributed by atoms with Crippen molar-refractivity contribution in [3.8, 4) is 0 Å². The summed E-state index contributed by atoms with van der Waals surface area (Å²) in [4.78, 5) is 8.70. The lowest BCUT2D eigenvalue weighted by molar-refractivity contribution is 0.559. The first kappa shape index (κ1) is 13.3. The van der Waals surface area contributed by atoms with Gasteiger partial charge in [-0.15, -0.1) is 0 Å². The molecular weight excluding hydrogens is 240 g/mol. The molecule has 19 heavy (non-hydrogen) atoms. The van der Waals surface area contributed by atoms with Crippen molar-refractivity contribution in [3.05, 3.63) is 30.4 Å². The van der Waals surface area contributed by atoms with Crippen LogP contribution in [0.4, 0.5) is 11.6 Å². The lowest BCUT2D eigenvalue weighted by Crippen LogP contribution is -2.23. The standard InChI is InChI=1S/C13H20N6/c1-9(2)13-17-11(14)7-12(18-13)16-10(3)8-19-6-4-5-15-19/h4-7,9-10H,8H2,1-3H3,(H3,14,16,17,18). The number of nitrogen functional groups attached to an aromatic ring is 1. The Bertz CT molecular complexity index is 520. The maximum Gasteiger partial charge on any atom is 0.135 e. The van der Waals surface area contributed by atoms with E-state index in [1.165, 1.54) is 0 Å². The second kappa shape index (κ2) is 5.69. The molecule has 3 N–H and O–H groups in total. The lowest BCUT2D eigenvalue weighted by Gasteiger charge is -2.16. The highest BCUT2D eigenvalue weighted by Crippen LogP contribution is 2.15. The van der Waals surface area contributed by atoms with Crippen LogP contribution in [0.2, 0.25) is 0 Å². The van der Waals surface area contributed by atoms with Crippen molar-refractivity contribution in [3.63, 3.8) is 0 Å². The minimum Gasteiger partial charge on any atom is -0.384 e. The molecule has 0 amide bonds. The summed E-state index contributed by atoms with van der Waals surface area (Å²) in [5.41, 5.74) is 5.80. The molecule has 0 aliphatic heterocycles. The van der Waals surface area contributed by atoms with Crippen LogP contribution in [0, 0.1) is 0 Å². The quantitative estimate of drug-likeness (QED) is 0.857. The zero-order valence-electron chi connectivity index (χ0n) is 11.5. The molecule has 0 radical (unpaired) electrons. The Labute approximate surface area is 113 Å². The molecule has 102 valence electrons. The largest absolute Gasteiger partial charge is 0.384 e. The van der Waals surface area contributed by atoms with Gasteiger partial charge < -0.3 is 11.1 Å². The van der Waals surface area contributed by atoms with Crippen molar-refractivity contribution in [1.29, 1.82) is 0 Å². The van der Waals surface area contributed by atoms with E-state index in [9.17, 15) is 0 Å². The van der Waals surface area contributed by atoms with Crippen LogP contribution in [0.3, 0.4) is 0 Å². The van der Waals surface area contributed by atoms with Gasteiger partial charge in [-0.2, -0.15) is 5.10 Å². The van der Waals surface area contributed by atoms with Gasteiger partial charge in [-0.3, -0.25) is 4.68 Å². The number of nitrogens with one attached hydrogen (secondary N) is 1. The average Bonchev–Trinajstić information content (AvgIpc) is 2.80. The summed E-state index contributed by atoms with van der Waals surface area (Å²) in [6, 6.07) is 3.87. The van der Waals surface area contributed by atoms with Crippen LogP contribution >= 0.6 is 0 Å². The summed E-state index contributed by atoms with van der Waals surface area (Å²) in [6.45, 7) is 6.94. The van der Waals surface area contributed by atoms with Gasteiger partial charge >= 0.3 is 0 Å². The first-order valence-corrected chi connectivity index (χ1v) is 6.43. The van der Waals surface area contributed by atoms with Crippen molar-refractivity contribution in [1.82, 2.24) is 19.7 Å². The summed E-state index contributed by atoms with van der Waals surface area (Å²) in [5, 5.41) is 7.50. The Morgan fingerprint density at radius 3 is 2.74 bits per heavy atom. The number of nitrogens with zero attached hydrogens (tertiary/aromatic N) is 4. The minimum atomic E-state index is 0.203. The molecule has 1 unspecified atom stereocenters. The van der Waals surface area contributed by atoms with Crippen molar-refractivity contribution in [2.24, 2.45) is 0 Å². The topological polar surface area (TPSA) is 81.7 Å². The second-order valence-electron chi connectivity index (χ2n) is 4.96. The van der Waals surface area contributed by atoms with Crippen LogP contribution in [0.15, 0.2) is 24.5 Å². The molecule has 2 heterocycles. The molecule has 2 rings (SSSR count). The third-order valence-corrected chi connectivity index (χ3v) is 2.69. The number of hydrogen-bond donors (Lipinski definition) is 2. The molecule has 0 spiro atoms. The number of aromatic nitrogens is 4. The molecular formula is C13H20N6. The van der Waals surface area contributed by atoms with Gasteiger partial charge in [0.15, 0.2) is 0 Å². The highest BCUT2D eigenvalue weighted by molar-refractivity contribution is 5.45. The second-order valence-corrected chi connectivity index (χ2v) is 4.96. The number of hydrogen-bond acceptors (Lipinski definition) is 5. The van der Waals surface area contributed by atoms with Gasteiger partial charge in [-0.05, 0) is 13.0 Å². The van der Waals surface area contributed by atoms with E-state index in [0.29, 0.717) is 5.82 Å². The normalized spacial score (nSPS) is 12.6. The predicted molar refractivity (Wildman–Crippen MR) is 75.8 cm³/mol. The molecule has 6 heteroatoms. The molecule has 0 bridgehead atoms. The average molecular weight is 260 g/mol. The van der Waals surface area contributed by atoms with E-state index in [4.69, 9.17) is 5.73 Å². The van der Waals surface area contributed by atoms with Crippen LogP contribution < -0.4 is 11.1 Å². The fraction of sp³-hybridized carbons (Fsp3) is 0.462. The predicted octanol–water partition coefficient (Wildman–Crippen LogP) is 1.88. The number of nitrogens with two attached hydrogens (primary N) is 1. The van der Waals surface area contributed by atoms with Crippen molar-refractivity contribution < 1.29 is 0 Å². The smallest absolute Gasteiger partial charge is 0.135 e. The van der Waals surface area contributed by atoms with Gasteiger partial charge in [-0.1, -0.05) is 13.8 Å². The van der Waals surface area contributed by atoms with E-state index in [1.807, 2.05) is 30.8 Å². The minimum absolute atomic E-state index is 0.203. The SMILES string of the molecule is CC(Cn1cccn1)Nc1cc(N)nc(C(C)C)n1. The molecule has 1 atom stereocenters. The van der Waals surface area contributed by atoms with Gasteiger partial charge in [0.1, 0.15) is 17.5 Å². The van der Waals surface area contributed by atoms with Crippen LogP contribution in [0.1, 0.15) is 32.5 Å². The van der Waals surface area contributed by atoms with Crippen molar-refractivity contribution >= 4 is 11.6 Å². The Kier molecular flexibility index (Phi) is 3.99. The van der Waals surface area contributed by atoms with Crippen LogP contribution in [-0.2, 0) is 6.54 Å². The molecule has 0 saturated heterocycles. The van der Waals surface area contributed by atoms with E-state index in [2.05, 4.69) is 27.3 Å². The van der Waals surface area contributed by atoms with Gasteiger partial charge in [0.05, 0.1) is 6.54 Å². The number of rotatable bonds is 5. The summed E-state index contributed by atoms with van der Waals surface area (Å²) in [6.07, 6.45) is 3.71. The fourth-order valence-electron chi connectivity index (χ4n) is 1.80. The summed E-state index contributed by atoms with van der Waals surface area (Å²) in [5.74, 6) is 2.27. The van der Waals surface area contributed by atoms with Crippen molar-refractivity contribution in [2.75, 3.05) is 11.1 Å². The van der Waals surface area contributed by atoms with E-state index >= 15 is 0 Å². The highest BCUT2D eigenvalue weighted by Gasteiger charge is 2.09. The summed E-state index contributed by atoms with van der Waals surface area (Å²) < 4.78 is 1.88. The van der Waals surface area contributed by atoms with Crippen molar-refractivity contribution in [2.45, 2.75) is 39.3 Å². The molecule has 0 saturated carbocycles. The summed E-state index contributed by atoms with van der Waals surface area (Å²) >= 11 is 0. The summed E-state index contributed by atoms with van der Waals surface area (Å²) in [7, 11) is 0.